The molecule has 0 bridgehead atoms. The third-order valence-electron chi connectivity index (χ3n) is 3.82. The number of hydrogen-bond donors (Lipinski definition) is 1. The minimum atomic E-state index is -4.50. The monoisotopic (exact) mass is 288 g/mol. The Morgan fingerprint density at radius 3 is 2.55 bits per heavy atom. The van der Waals surface area contributed by atoms with Crippen molar-refractivity contribution in [2.24, 2.45) is 5.92 Å². The predicted molar refractivity (Wildman–Crippen MR) is 69.2 cm³/mol. The number of aromatic nitrogens is 1. The van der Waals surface area contributed by atoms with Gasteiger partial charge in [-0.3, -0.25) is 4.98 Å². The summed E-state index contributed by atoms with van der Waals surface area (Å²) < 4.78 is 37.3. The second-order valence-corrected chi connectivity index (χ2v) is 5.24. The highest BCUT2D eigenvalue weighted by atomic mass is 19.4. The first-order valence-electron chi connectivity index (χ1n) is 6.84. The van der Waals surface area contributed by atoms with Crippen LogP contribution in [0.25, 0.3) is 0 Å². The Morgan fingerprint density at radius 2 is 2.00 bits per heavy atom. The fourth-order valence-electron chi connectivity index (χ4n) is 2.58. The van der Waals surface area contributed by atoms with Gasteiger partial charge in [0.1, 0.15) is 0 Å². The van der Waals surface area contributed by atoms with E-state index in [1.165, 1.54) is 0 Å². The van der Waals surface area contributed by atoms with Crippen LogP contribution < -0.4 is 0 Å². The zero-order chi connectivity index (χ0) is 14.6. The molecular formula is C14H19F3N2O. The van der Waals surface area contributed by atoms with E-state index in [2.05, 4.69) is 9.88 Å². The van der Waals surface area contributed by atoms with Crippen LogP contribution in [0.4, 0.5) is 13.2 Å². The zero-order valence-corrected chi connectivity index (χ0v) is 11.2. The molecule has 1 saturated heterocycles. The van der Waals surface area contributed by atoms with E-state index in [-0.39, 0.29) is 0 Å². The molecular weight excluding hydrogens is 269 g/mol. The summed E-state index contributed by atoms with van der Waals surface area (Å²) in [4.78, 5) is 6.36. The lowest BCUT2D eigenvalue weighted by Gasteiger charge is -2.34. The fourth-order valence-corrected chi connectivity index (χ4v) is 2.58. The van der Waals surface area contributed by atoms with Crippen molar-refractivity contribution in [1.82, 2.24) is 9.88 Å². The van der Waals surface area contributed by atoms with Gasteiger partial charge in [-0.1, -0.05) is 6.07 Å². The van der Waals surface area contributed by atoms with Gasteiger partial charge in [0.2, 0.25) is 0 Å². The number of alkyl halides is 3. The lowest BCUT2D eigenvalue weighted by Crippen LogP contribution is -2.43. The highest BCUT2D eigenvalue weighted by Crippen LogP contribution is 2.31. The Hall–Kier alpha value is -1.14. The summed E-state index contributed by atoms with van der Waals surface area (Å²) in [5.41, 5.74) is 0.991. The van der Waals surface area contributed by atoms with E-state index in [0.29, 0.717) is 25.9 Å². The van der Waals surface area contributed by atoms with E-state index in [1.807, 2.05) is 18.2 Å². The number of rotatable bonds is 4. The Morgan fingerprint density at radius 1 is 1.30 bits per heavy atom. The minimum Gasteiger partial charge on any atom is -0.383 e. The van der Waals surface area contributed by atoms with Crippen LogP contribution in [0.5, 0.6) is 0 Å². The van der Waals surface area contributed by atoms with Crippen molar-refractivity contribution >= 4 is 0 Å². The van der Waals surface area contributed by atoms with Crippen LogP contribution in [0.1, 0.15) is 18.5 Å². The molecule has 1 fully saturated rings. The van der Waals surface area contributed by atoms with E-state index < -0.39 is 18.2 Å². The number of likely N-dealkylation sites (tertiary alicyclic amines) is 1. The van der Waals surface area contributed by atoms with E-state index in [1.54, 1.807) is 6.20 Å². The summed E-state index contributed by atoms with van der Waals surface area (Å²) in [6.45, 7) is 2.00. The van der Waals surface area contributed by atoms with Gasteiger partial charge in [-0.25, -0.2) is 0 Å². The van der Waals surface area contributed by atoms with Crippen LogP contribution in [0.15, 0.2) is 24.4 Å². The molecule has 20 heavy (non-hydrogen) atoms. The zero-order valence-electron chi connectivity index (χ0n) is 11.2. The van der Waals surface area contributed by atoms with Gasteiger partial charge in [0.05, 0.1) is 0 Å². The second kappa shape index (κ2) is 6.54. The molecule has 1 atom stereocenters. The lowest BCUT2D eigenvalue weighted by atomic mass is 9.91. The molecule has 112 valence electrons. The maximum Gasteiger partial charge on any atom is 0.414 e. The van der Waals surface area contributed by atoms with Gasteiger partial charge < -0.3 is 10.0 Å². The Bertz CT molecular complexity index is 403. The van der Waals surface area contributed by atoms with Crippen LogP contribution in [0, 0.1) is 5.92 Å². The molecule has 1 aromatic heterocycles. The number of hydrogen-bond acceptors (Lipinski definition) is 3. The Kier molecular flexibility index (Phi) is 4.99. The van der Waals surface area contributed by atoms with Crippen LogP contribution in [-0.2, 0) is 6.42 Å². The highest BCUT2D eigenvalue weighted by Gasteiger charge is 2.44. The largest absolute Gasteiger partial charge is 0.414 e. The molecule has 3 nitrogen and oxygen atoms in total. The molecule has 0 aliphatic carbocycles. The molecule has 0 radical (unpaired) electrons. The SMILES string of the molecule is OC(C1CCN(CCc2ccccn2)CC1)C(F)(F)F. The van der Waals surface area contributed by atoms with Crippen molar-refractivity contribution in [1.29, 1.82) is 0 Å². The van der Waals surface area contributed by atoms with Gasteiger partial charge >= 0.3 is 6.18 Å². The van der Waals surface area contributed by atoms with Crippen LogP contribution in [0.2, 0.25) is 0 Å². The van der Waals surface area contributed by atoms with E-state index in [0.717, 1.165) is 18.7 Å². The number of aliphatic hydroxyl groups excluding tert-OH is 1. The van der Waals surface area contributed by atoms with Crippen LogP contribution >= 0.6 is 0 Å². The lowest BCUT2D eigenvalue weighted by molar-refractivity contribution is -0.223. The normalized spacial score (nSPS) is 20.0. The maximum absolute atomic E-state index is 12.4. The summed E-state index contributed by atoms with van der Waals surface area (Å²) in [5, 5.41) is 9.25. The number of piperidine rings is 1. The summed E-state index contributed by atoms with van der Waals surface area (Å²) in [6.07, 6.45) is -3.36. The number of halogens is 3. The summed E-state index contributed by atoms with van der Waals surface area (Å²) in [7, 11) is 0. The molecule has 2 rings (SSSR count). The first kappa shape index (κ1) is 15.3. The molecule has 1 N–H and O–H groups in total. The number of pyridine rings is 1. The molecule has 0 amide bonds. The molecule has 1 aliphatic heterocycles. The third kappa shape index (κ3) is 4.18. The first-order chi connectivity index (χ1) is 9.47. The van der Waals surface area contributed by atoms with Gasteiger partial charge in [-0.15, -0.1) is 0 Å². The molecule has 0 aromatic carbocycles. The molecule has 1 aromatic rings. The van der Waals surface area contributed by atoms with Crippen molar-refractivity contribution in [2.75, 3.05) is 19.6 Å². The van der Waals surface area contributed by atoms with Gasteiger partial charge in [0, 0.05) is 24.9 Å². The van der Waals surface area contributed by atoms with E-state index in [4.69, 9.17) is 0 Å². The van der Waals surface area contributed by atoms with Crippen molar-refractivity contribution in [2.45, 2.75) is 31.5 Å². The Balaban J connectivity index is 1.75. The number of nitrogens with zero attached hydrogens (tertiary/aromatic N) is 2. The molecule has 1 unspecified atom stereocenters. The fraction of sp³-hybridized carbons (Fsp3) is 0.643. The van der Waals surface area contributed by atoms with Crippen LogP contribution in [-0.4, -0.2) is 46.9 Å². The minimum absolute atomic E-state index is 0.392. The molecule has 1 aliphatic rings. The van der Waals surface area contributed by atoms with Gasteiger partial charge in [0.15, 0.2) is 6.10 Å². The number of aliphatic hydroxyl groups is 1. The van der Waals surface area contributed by atoms with Crippen molar-refractivity contribution < 1.29 is 18.3 Å². The molecule has 0 spiro atoms. The summed E-state index contributed by atoms with van der Waals surface area (Å²) in [6, 6.07) is 5.72. The van der Waals surface area contributed by atoms with E-state index in [9.17, 15) is 18.3 Å². The summed E-state index contributed by atoms with van der Waals surface area (Å²) in [5.74, 6) is -0.666. The van der Waals surface area contributed by atoms with Crippen molar-refractivity contribution in [3.63, 3.8) is 0 Å². The van der Waals surface area contributed by atoms with Crippen molar-refractivity contribution in [3.8, 4) is 0 Å². The maximum atomic E-state index is 12.4. The quantitative estimate of drug-likeness (QED) is 0.923. The second-order valence-electron chi connectivity index (χ2n) is 5.24. The molecule has 0 saturated carbocycles. The van der Waals surface area contributed by atoms with Crippen molar-refractivity contribution in [3.05, 3.63) is 30.1 Å². The topological polar surface area (TPSA) is 36.4 Å². The average molecular weight is 288 g/mol. The first-order valence-corrected chi connectivity index (χ1v) is 6.84. The van der Waals surface area contributed by atoms with Gasteiger partial charge in [0.25, 0.3) is 0 Å². The third-order valence-corrected chi connectivity index (χ3v) is 3.82. The van der Waals surface area contributed by atoms with Gasteiger partial charge in [-0.05, 0) is 44.0 Å². The predicted octanol–water partition coefficient (Wildman–Crippen LogP) is 2.26. The smallest absolute Gasteiger partial charge is 0.383 e. The summed E-state index contributed by atoms with van der Waals surface area (Å²) >= 11 is 0. The Labute approximate surface area is 116 Å². The average Bonchev–Trinajstić information content (AvgIpc) is 2.45. The standard InChI is InChI=1S/C14H19F3N2O/c15-14(16,17)13(20)11-4-8-19(9-5-11)10-6-12-3-1-2-7-18-12/h1-3,7,11,13,20H,4-6,8-10H2. The van der Waals surface area contributed by atoms with E-state index >= 15 is 0 Å². The molecule has 2 heterocycles. The van der Waals surface area contributed by atoms with Crippen LogP contribution in [0.3, 0.4) is 0 Å². The van der Waals surface area contributed by atoms with Gasteiger partial charge in [-0.2, -0.15) is 13.2 Å². The highest BCUT2D eigenvalue weighted by molar-refractivity contribution is 5.03. The molecule has 6 heteroatoms.